The summed E-state index contributed by atoms with van der Waals surface area (Å²) in [4.78, 5) is 38.8. The number of anilines is 2. The number of aromatic amines is 1. The smallest absolute Gasteiger partial charge is 0.360 e. The van der Waals surface area contributed by atoms with E-state index in [4.69, 9.17) is 11.6 Å². The first-order chi connectivity index (χ1) is 16.2. The third-order valence-electron chi connectivity index (χ3n) is 5.58. The van der Waals surface area contributed by atoms with Gasteiger partial charge < -0.3 is 5.11 Å². The van der Waals surface area contributed by atoms with E-state index in [1.807, 2.05) is 20.8 Å². The van der Waals surface area contributed by atoms with Crippen LogP contribution in [0.5, 0.6) is 0 Å². The fourth-order valence-corrected chi connectivity index (χ4v) is 5.12. The quantitative estimate of drug-likeness (QED) is 0.351. The molecule has 1 aliphatic heterocycles. The Morgan fingerprint density at radius 3 is 2.23 bits per heavy atom. The number of hydrogen-bond donors (Lipinski definition) is 3. The van der Waals surface area contributed by atoms with Gasteiger partial charge >= 0.3 is 5.97 Å². The number of aromatic carboxylic acids is 1. The predicted octanol–water partition coefficient (Wildman–Crippen LogP) is 3.09. The number of carboxylic acids is 1. The molecule has 0 spiro atoms. The number of nitrogens with zero attached hydrogens (tertiary/aromatic N) is 2. The number of aromatic nitrogens is 2. The van der Waals surface area contributed by atoms with Crippen molar-refractivity contribution in [3.63, 3.8) is 0 Å². The molecule has 10 nitrogen and oxygen atoms in total. The maximum absolute atomic E-state index is 13.3. The lowest BCUT2D eigenvalue weighted by Gasteiger charge is -2.19. The molecule has 0 atom stereocenters. The van der Waals surface area contributed by atoms with Gasteiger partial charge in [-0.05, 0) is 35.2 Å². The number of rotatable bonds is 5. The largest absolute Gasteiger partial charge is 0.476 e. The van der Waals surface area contributed by atoms with E-state index in [0.29, 0.717) is 4.90 Å². The molecule has 1 aliphatic rings. The van der Waals surface area contributed by atoms with E-state index in [-0.39, 0.29) is 43.5 Å². The average molecular weight is 518 g/mol. The van der Waals surface area contributed by atoms with E-state index < -0.39 is 27.8 Å². The Labute approximate surface area is 206 Å². The van der Waals surface area contributed by atoms with Crippen molar-refractivity contribution in [1.29, 1.82) is 0 Å². The molecule has 35 heavy (non-hydrogen) atoms. The summed E-state index contributed by atoms with van der Waals surface area (Å²) >= 11 is 6.20. The fraction of sp³-hybridized carbons (Fsp3) is 0.217. The number of aryl methyl sites for hydroxylation is 1. The standard InChI is InChI=1S/C23H21ClN4O6S/c1-23(2,3)12-5-7-13(8-6-12)35(33,34)26-15-10-9-14(24)17-18(15)21(30)28(20(17)29)16-11-27(4)25-19(16)22(31)32/h5-11H,1-4H3,(H2,26,30,31,32)/p+1. The summed E-state index contributed by atoms with van der Waals surface area (Å²) < 4.78 is 29.8. The van der Waals surface area contributed by atoms with E-state index in [0.717, 1.165) is 5.56 Å². The van der Waals surface area contributed by atoms with E-state index in [9.17, 15) is 27.9 Å². The minimum atomic E-state index is -4.13. The van der Waals surface area contributed by atoms with Crippen molar-refractivity contribution in [3.05, 3.63) is 70.0 Å². The summed E-state index contributed by atoms with van der Waals surface area (Å²) in [5.41, 5.74) is -0.464. The van der Waals surface area contributed by atoms with Crippen molar-refractivity contribution in [3.8, 4) is 0 Å². The van der Waals surface area contributed by atoms with Crippen LogP contribution >= 0.6 is 11.6 Å². The van der Waals surface area contributed by atoms with Gasteiger partial charge in [-0.25, -0.2) is 18.1 Å². The second-order valence-corrected chi connectivity index (χ2v) is 11.2. The maximum Gasteiger partial charge on any atom is 0.360 e. The number of benzene rings is 2. The SMILES string of the molecule is C[n+]1cc(N2C(=O)c3c(Cl)ccc(NS(=O)(=O)c4ccc(C(C)(C)C)cc4)c3C2=O)c(C(=O)O)[nH]1. The van der Waals surface area contributed by atoms with Gasteiger partial charge in [0, 0.05) is 0 Å². The maximum atomic E-state index is 13.3. The molecule has 0 radical (unpaired) electrons. The van der Waals surface area contributed by atoms with Crippen LogP contribution in [-0.2, 0) is 22.5 Å². The molecule has 3 aromatic rings. The van der Waals surface area contributed by atoms with Gasteiger partial charge in [0.2, 0.25) is 11.9 Å². The van der Waals surface area contributed by atoms with Crippen molar-refractivity contribution < 1.29 is 32.6 Å². The van der Waals surface area contributed by atoms with Crippen LogP contribution in [-0.4, -0.2) is 36.4 Å². The van der Waals surface area contributed by atoms with E-state index in [2.05, 4.69) is 9.82 Å². The van der Waals surface area contributed by atoms with Crippen molar-refractivity contribution in [2.75, 3.05) is 9.62 Å². The highest BCUT2D eigenvalue weighted by Crippen LogP contribution is 2.38. The minimum absolute atomic E-state index is 0.0337. The lowest BCUT2D eigenvalue weighted by atomic mass is 9.87. The third kappa shape index (κ3) is 4.17. The zero-order valence-electron chi connectivity index (χ0n) is 19.2. The first kappa shape index (κ1) is 24.4. The summed E-state index contributed by atoms with van der Waals surface area (Å²) in [6, 6.07) is 8.90. The highest BCUT2D eigenvalue weighted by atomic mass is 35.5. The van der Waals surface area contributed by atoms with Gasteiger partial charge in [-0.15, -0.1) is 4.68 Å². The Balaban J connectivity index is 1.77. The zero-order valence-corrected chi connectivity index (χ0v) is 20.8. The molecule has 3 N–H and O–H groups in total. The molecule has 0 fully saturated rings. The highest BCUT2D eigenvalue weighted by Gasteiger charge is 2.44. The first-order valence-corrected chi connectivity index (χ1v) is 12.2. The van der Waals surface area contributed by atoms with Crippen LogP contribution in [0.3, 0.4) is 0 Å². The molecular weight excluding hydrogens is 496 g/mol. The Morgan fingerprint density at radius 2 is 1.66 bits per heavy atom. The second-order valence-electron chi connectivity index (χ2n) is 9.09. The molecule has 1 aromatic heterocycles. The van der Waals surface area contributed by atoms with E-state index in [1.165, 1.54) is 42.2 Å². The number of fused-ring (bicyclic) bond motifs is 1. The molecule has 12 heteroatoms. The number of carbonyl (C=O) groups is 3. The highest BCUT2D eigenvalue weighted by molar-refractivity contribution is 7.92. The first-order valence-electron chi connectivity index (χ1n) is 10.4. The molecule has 0 unspecified atom stereocenters. The number of imide groups is 1. The van der Waals surface area contributed by atoms with Crippen LogP contribution in [0.4, 0.5) is 11.4 Å². The summed E-state index contributed by atoms with van der Waals surface area (Å²) in [5.74, 6) is -3.16. The van der Waals surface area contributed by atoms with Crippen molar-refractivity contribution in [2.45, 2.75) is 31.1 Å². The molecule has 0 aliphatic carbocycles. The van der Waals surface area contributed by atoms with Crippen LogP contribution in [0, 0.1) is 0 Å². The van der Waals surface area contributed by atoms with Crippen LogP contribution in [0.15, 0.2) is 47.5 Å². The van der Waals surface area contributed by atoms with Crippen molar-refractivity contribution in [1.82, 2.24) is 5.10 Å². The molecule has 4 rings (SSSR count). The summed E-state index contributed by atoms with van der Waals surface area (Å²) in [6.45, 7) is 6.00. The average Bonchev–Trinajstić information content (AvgIpc) is 3.27. The fourth-order valence-electron chi connectivity index (χ4n) is 3.81. The number of sulfonamides is 1. The number of carbonyl (C=O) groups excluding carboxylic acids is 2. The normalized spacial score (nSPS) is 13.8. The van der Waals surface area contributed by atoms with Gasteiger partial charge in [0.05, 0.1) is 26.7 Å². The number of nitrogens with one attached hydrogen (secondary N) is 2. The van der Waals surface area contributed by atoms with Gasteiger partial charge in [0.1, 0.15) is 0 Å². The lowest BCUT2D eigenvalue weighted by Crippen LogP contribution is -2.31. The van der Waals surface area contributed by atoms with E-state index >= 15 is 0 Å². The van der Waals surface area contributed by atoms with Crippen molar-refractivity contribution in [2.24, 2.45) is 7.05 Å². The van der Waals surface area contributed by atoms with Crippen molar-refractivity contribution >= 4 is 50.8 Å². The Bertz CT molecular complexity index is 1500. The molecule has 0 bridgehead atoms. The molecule has 2 heterocycles. The second kappa shape index (κ2) is 8.21. The Hall–Kier alpha value is -3.70. The topological polar surface area (TPSA) is 141 Å². The molecule has 2 amide bonds. The lowest BCUT2D eigenvalue weighted by molar-refractivity contribution is -0.726. The molecule has 0 saturated carbocycles. The summed E-state index contributed by atoms with van der Waals surface area (Å²) in [6.07, 6.45) is 1.26. The Kier molecular flexibility index (Phi) is 5.73. The zero-order chi connectivity index (χ0) is 25.9. The number of amides is 2. The summed E-state index contributed by atoms with van der Waals surface area (Å²) in [5, 5.41) is 11.9. The third-order valence-corrected chi connectivity index (χ3v) is 7.27. The molecular formula is C23H22ClN4O6S+. The monoisotopic (exact) mass is 517 g/mol. The molecule has 182 valence electrons. The van der Waals surface area contributed by atoms with Gasteiger partial charge in [-0.1, -0.05) is 44.5 Å². The number of hydrogen-bond acceptors (Lipinski definition) is 5. The van der Waals surface area contributed by atoms with Gasteiger partial charge in [-0.3, -0.25) is 14.3 Å². The van der Waals surface area contributed by atoms with Crippen LogP contribution in [0.2, 0.25) is 5.02 Å². The summed E-state index contributed by atoms with van der Waals surface area (Å²) in [7, 11) is -2.64. The van der Waals surface area contributed by atoms with Gasteiger partial charge in [-0.2, -0.15) is 5.10 Å². The van der Waals surface area contributed by atoms with Gasteiger partial charge in [0.25, 0.3) is 21.8 Å². The number of carboxylic acid groups (broad SMARTS) is 1. The van der Waals surface area contributed by atoms with Crippen LogP contribution < -0.4 is 14.3 Å². The minimum Gasteiger partial charge on any atom is -0.476 e. The van der Waals surface area contributed by atoms with Gasteiger partial charge in [0.15, 0.2) is 12.7 Å². The molecule has 0 saturated heterocycles. The molecule has 2 aromatic carbocycles. The van der Waals surface area contributed by atoms with Crippen LogP contribution in [0.1, 0.15) is 57.5 Å². The predicted molar refractivity (Wildman–Crippen MR) is 127 cm³/mol. The van der Waals surface area contributed by atoms with Crippen LogP contribution in [0.25, 0.3) is 0 Å². The Morgan fingerprint density at radius 1 is 1.06 bits per heavy atom. The number of H-pyrrole nitrogens is 1. The number of halogens is 1. The van der Waals surface area contributed by atoms with E-state index in [1.54, 1.807) is 12.1 Å².